The van der Waals surface area contributed by atoms with Gasteiger partial charge in [0.15, 0.2) is 5.82 Å². The van der Waals surface area contributed by atoms with Crippen LogP contribution in [-0.2, 0) is 10.0 Å². The molecule has 0 radical (unpaired) electrons. The van der Waals surface area contributed by atoms with Gasteiger partial charge in [-0.05, 0) is 6.07 Å². The average Bonchev–Trinajstić information content (AvgIpc) is 2.28. The van der Waals surface area contributed by atoms with Gasteiger partial charge in [-0.3, -0.25) is 10.1 Å². The number of hydrogen-bond donors (Lipinski definition) is 3. The lowest BCUT2D eigenvalue weighted by Crippen LogP contribution is -2.22. The summed E-state index contributed by atoms with van der Waals surface area (Å²) >= 11 is 0. The van der Waals surface area contributed by atoms with Crippen LogP contribution in [0, 0.1) is 15.9 Å². The van der Waals surface area contributed by atoms with Gasteiger partial charge in [-0.2, -0.15) is 0 Å². The summed E-state index contributed by atoms with van der Waals surface area (Å²) in [7, 11) is -3.76. The number of halogens is 1. The predicted molar refractivity (Wildman–Crippen MR) is 66.5 cm³/mol. The van der Waals surface area contributed by atoms with Gasteiger partial charge in [0.1, 0.15) is 5.56 Å². The number of carbonyl (C=O) groups is 1. The molecule has 1 aromatic rings. The molecular weight excluding hydrogens is 297 g/mol. The standard InChI is InChI=1S/C9H10FN3O6S/c10-6-4-8(13(16)17)5(9(14)15)3-7(6)12-1-2-20(11,18)19/h3-4,12H,1-2H2,(H,14,15)(H2,11,18,19). The number of sulfonamides is 1. The number of anilines is 1. The lowest BCUT2D eigenvalue weighted by atomic mass is 10.1. The van der Waals surface area contributed by atoms with Crippen molar-refractivity contribution in [1.82, 2.24) is 0 Å². The summed E-state index contributed by atoms with van der Waals surface area (Å²) in [6.45, 7) is -0.271. The Kier molecular flexibility index (Phi) is 4.57. The second kappa shape index (κ2) is 5.79. The fraction of sp³-hybridized carbons (Fsp3) is 0.222. The number of nitro benzene ring substituents is 1. The molecule has 0 heterocycles. The maximum absolute atomic E-state index is 13.5. The fourth-order valence-electron chi connectivity index (χ4n) is 1.35. The highest BCUT2D eigenvalue weighted by Crippen LogP contribution is 2.26. The van der Waals surface area contributed by atoms with Crippen LogP contribution in [-0.4, -0.2) is 36.7 Å². The van der Waals surface area contributed by atoms with Crippen molar-refractivity contribution in [3.05, 3.63) is 33.6 Å². The molecule has 0 aliphatic heterocycles. The Bertz CT molecular complexity index is 660. The summed E-state index contributed by atoms with van der Waals surface area (Å²) in [6, 6.07) is 1.17. The summed E-state index contributed by atoms with van der Waals surface area (Å²) < 4.78 is 34.9. The van der Waals surface area contributed by atoms with Crippen molar-refractivity contribution in [2.24, 2.45) is 5.14 Å². The zero-order valence-corrected chi connectivity index (χ0v) is 10.7. The highest BCUT2D eigenvalue weighted by Gasteiger charge is 2.23. The molecule has 0 saturated heterocycles. The van der Waals surface area contributed by atoms with Crippen LogP contribution in [0.4, 0.5) is 15.8 Å². The molecule has 110 valence electrons. The summed E-state index contributed by atoms with van der Waals surface area (Å²) in [5.74, 6) is -3.19. The molecule has 0 fully saturated rings. The first-order valence-corrected chi connectivity index (χ1v) is 6.79. The van der Waals surface area contributed by atoms with Crippen molar-refractivity contribution in [2.45, 2.75) is 0 Å². The molecule has 0 spiro atoms. The van der Waals surface area contributed by atoms with Gasteiger partial charge >= 0.3 is 5.97 Å². The molecule has 4 N–H and O–H groups in total. The number of benzene rings is 1. The summed E-state index contributed by atoms with van der Waals surface area (Å²) in [4.78, 5) is 20.4. The quantitative estimate of drug-likeness (QED) is 0.498. The van der Waals surface area contributed by atoms with E-state index >= 15 is 0 Å². The Morgan fingerprint density at radius 1 is 1.50 bits per heavy atom. The molecule has 11 heteroatoms. The van der Waals surface area contributed by atoms with E-state index in [4.69, 9.17) is 10.2 Å². The minimum Gasteiger partial charge on any atom is -0.477 e. The number of hydrogen-bond acceptors (Lipinski definition) is 6. The van der Waals surface area contributed by atoms with E-state index in [0.29, 0.717) is 6.07 Å². The van der Waals surface area contributed by atoms with Crippen LogP contribution >= 0.6 is 0 Å². The van der Waals surface area contributed by atoms with Crippen molar-refractivity contribution in [3.63, 3.8) is 0 Å². The fourth-order valence-corrected chi connectivity index (χ4v) is 1.74. The minimum atomic E-state index is -3.76. The molecule has 0 aromatic heterocycles. The molecule has 0 unspecified atom stereocenters. The lowest BCUT2D eigenvalue weighted by Gasteiger charge is -2.08. The smallest absolute Gasteiger partial charge is 0.342 e. The van der Waals surface area contributed by atoms with Crippen molar-refractivity contribution in [1.29, 1.82) is 0 Å². The van der Waals surface area contributed by atoms with Crippen LogP contribution in [0.3, 0.4) is 0 Å². The summed E-state index contributed by atoms with van der Waals surface area (Å²) in [6.07, 6.45) is 0. The first-order valence-electron chi connectivity index (χ1n) is 5.07. The minimum absolute atomic E-state index is 0.271. The first kappa shape index (κ1) is 15.8. The molecule has 0 aliphatic carbocycles. The van der Waals surface area contributed by atoms with Gasteiger partial charge in [-0.15, -0.1) is 0 Å². The topological polar surface area (TPSA) is 153 Å². The molecule has 0 amide bonds. The van der Waals surface area contributed by atoms with Crippen molar-refractivity contribution in [2.75, 3.05) is 17.6 Å². The largest absolute Gasteiger partial charge is 0.477 e. The van der Waals surface area contributed by atoms with Crippen molar-refractivity contribution < 1.29 is 27.6 Å². The van der Waals surface area contributed by atoms with E-state index in [1.165, 1.54) is 0 Å². The van der Waals surface area contributed by atoms with E-state index in [0.717, 1.165) is 6.07 Å². The van der Waals surface area contributed by atoms with Crippen molar-refractivity contribution >= 4 is 27.4 Å². The van der Waals surface area contributed by atoms with Gasteiger partial charge in [-0.1, -0.05) is 0 Å². The van der Waals surface area contributed by atoms with Crippen LogP contribution in [0.25, 0.3) is 0 Å². The second-order valence-electron chi connectivity index (χ2n) is 3.71. The predicted octanol–water partition coefficient (Wildman–Crippen LogP) is 0.133. The normalized spacial score (nSPS) is 11.1. The average molecular weight is 307 g/mol. The number of rotatable bonds is 6. The number of carboxylic acids is 1. The van der Waals surface area contributed by atoms with E-state index in [1.54, 1.807) is 0 Å². The van der Waals surface area contributed by atoms with E-state index in [2.05, 4.69) is 5.32 Å². The number of nitrogens with zero attached hydrogens (tertiary/aromatic N) is 1. The number of nitrogens with two attached hydrogens (primary N) is 1. The Morgan fingerprint density at radius 2 is 2.10 bits per heavy atom. The van der Waals surface area contributed by atoms with E-state index in [-0.39, 0.29) is 12.2 Å². The van der Waals surface area contributed by atoms with Crippen molar-refractivity contribution in [3.8, 4) is 0 Å². The zero-order valence-electron chi connectivity index (χ0n) is 9.87. The maximum Gasteiger partial charge on any atom is 0.342 e. The van der Waals surface area contributed by atoms with E-state index in [1.807, 2.05) is 0 Å². The molecule has 20 heavy (non-hydrogen) atoms. The molecule has 0 saturated carbocycles. The van der Waals surface area contributed by atoms with Gasteiger partial charge in [0.25, 0.3) is 5.69 Å². The second-order valence-corrected chi connectivity index (χ2v) is 5.44. The monoisotopic (exact) mass is 307 g/mol. The number of aromatic carboxylic acids is 1. The van der Waals surface area contributed by atoms with Gasteiger partial charge in [-0.25, -0.2) is 22.7 Å². The van der Waals surface area contributed by atoms with Crippen LogP contribution in [0.2, 0.25) is 0 Å². The third-order valence-corrected chi connectivity index (χ3v) is 2.99. The molecule has 0 bridgehead atoms. The van der Waals surface area contributed by atoms with Gasteiger partial charge in [0, 0.05) is 6.54 Å². The van der Waals surface area contributed by atoms with E-state index < -0.39 is 43.7 Å². The number of nitro groups is 1. The van der Waals surface area contributed by atoms with Crippen LogP contribution in [0.15, 0.2) is 12.1 Å². The Balaban J connectivity index is 3.07. The van der Waals surface area contributed by atoms with E-state index in [9.17, 15) is 27.7 Å². The zero-order chi connectivity index (χ0) is 15.5. The molecule has 1 aromatic carbocycles. The Labute approximate surface area is 112 Å². The Hall–Kier alpha value is -2.27. The van der Waals surface area contributed by atoms with Gasteiger partial charge < -0.3 is 10.4 Å². The third-order valence-electron chi connectivity index (χ3n) is 2.21. The molecule has 0 aliphatic rings. The van der Waals surface area contributed by atoms with Crippen LogP contribution in [0.1, 0.15) is 10.4 Å². The summed E-state index contributed by atoms with van der Waals surface area (Å²) in [5.41, 5.74) is -1.97. The first-order chi connectivity index (χ1) is 9.11. The number of carboxylic acid groups (broad SMARTS) is 1. The van der Waals surface area contributed by atoms with Crippen LogP contribution in [0.5, 0.6) is 0 Å². The molecule has 0 atom stereocenters. The molecule has 9 nitrogen and oxygen atoms in total. The van der Waals surface area contributed by atoms with Crippen LogP contribution < -0.4 is 10.5 Å². The van der Waals surface area contributed by atoms with Gasteiger partial charge in [0.2, 0.25) is 10.0 Å². The molecular formula is C9H10FN3O6S. The molecule has 1 rings (SSSR count). The number of nitrogens with one attached hydrogen (secondary N) is 1. The Morgan fingerprint density at radius 3 is 2.55 bits per heavy atom. The van der Waals surface area contributed by atoms with Gasteiger partial charge in [0.05, 0.1) is 22.4 Å². The summed E-state index contributed by atoms with van der Waals surface area (Å²) in [5, 5.41) is 26.5. The highest BCUT2D eigenvalue weighted by atomic mass is 32.2. The highest BCUT2D eigenvalue weighted by molar-refractivity contribution is 7.89. The SMILES string of the molecule is NS(=O)(=O)CCNc1cc(C(=O)O)c([N+](=O)[O-])cc1F. The lowest BCUT2D eigenvalue weighted by molar-refractivity contribution is -0.385. The number of primary sulfonamides is 1. The maximum atomic E-state index is 13.5. The third kappa shape index (κ3) is 4.13.